The number of nitrogens with one attached hydrogen (secondary N) is 1. The number of nitrogens with zero attached hydrogens (tertiary/aromatic N) is 4. The number of carbonyl (C=O) groups is 1. The molecule has 4 rings (SSSR count). The van der Waals surface area contributed by atoms with Gasteiger partial charge in [-0.05, 0) is 52.2 Å². The summed E-state index contributed by atoms with van der Waals surface area (Å²) < 4.78 is 13.5. The number of halogens is 1. The van der Waals surface area contributed by atoms with Crippen LogP contribution in [0.2, 0.25) is 5.02 Å². The van der Waals surface area contributed by atoms with Crippen LogP contribution in [-0.4, -0.2) is 82.4 Å². The number of rotatable bonds is 5. The minimum Gasteiger partial charge on any atom is -0.444 e. The predicted octanol–water partition coefficient (Wildman–Crippen LogP) is 4.53. The van der Waals surface area contributed by atoms with Crippen LogP contribution in [-0.2, 0) is 9.47 Å². The van der Waals surface area contributed by atoms with E-state index in [0.717, 1.165) is 55.1 Å². The number of aromatic nitrogens is 2. The Hall–Kier alpha value is -2.29. The largest absolute Gasteiger partial charge is 0.444 e. The fourth-order valence-corrected chi connectivity index (χ4v) is 4.77. The molecule has 0 bridgehead atoms. The van der Waals surface area contributed by atoms with Gasteiger partial charge in [-0.2, -0.15) is 0 Å². The maximum atomic E-state index is 12.4. The van der Waals surface area contributed by atoms with Crippen LogP contribution in [0.4, 0.5) is 10.5 Å². The lowest BCUT2D eigenvalue weighted by molar-refractivity contribution is -0.0538. The summed E-state index contributed by atoms with van der Waals surface area (Å²) in [5, 5.41) is 4.32. The van der Waals surface area contributed by atoms with Crippen LogP contribution in [0.5, 0.6) is 0 Å². The number of morpholine rings is 1. The molecular weight excluding hydrogens is 454 g/mol. The summed E-state index contributed by atoms with van der Waals surface area (Å²) in [6.07, 6.45) is 5.48. The van der Waals surface area contributed by atoms with E-state index in [1.807, 2.05) is 50.6 Å². The third-order valence-corrected chi connectivity index (χ3v) is 6.42. The van der Waals surface area contributed by atoms with E-state index in [1.165, 1.54) is 0 Å². The van der Waals surface area contributed by atoms with Crippen LogP contribution < -0.4 is 5.32 Å². The smallest absolute Gasteiger partial charge is 0.410 e. The molecule has 0 aromatic carbocycles. The minimum atomic E-state index is -0.489. The van der Waals surface area contributed by atoms with Gasteiger partial charge >= 0.3 is 6.09 Å². The van der Waals surface area contributed by atoms with Gasteiger partial charge in [-0.1, -0.05) is 18.2 Å². The van der Waals surface area contributed by atoms with Gasteiger partial charge in [0, 0.05) is 38.4 Å². The average Bonchev–Trinajstić information content (AvgIpc) is 3.18. The van der Waals surface area contributed by atoms with Crippen molar-refractivity contribution in [2.75, 3.05) is 44.6 Å². The molecule has 0 aliphatic carbocycles. The van der Waals surface area contributed by atoms with E-state index < -0.39 is 5.60 Å². The molecule has 2 aliphatic heterocycles. The number of amides is 1. The molecule has 34 heavy (non-hydrogen) atoms. The van der Waals surface area contributed by atoms with Gasteiger partial charge in [0.25, 0.3) is 0 Å². The maximum Gasteiger partial charge on any atom is 0.410 e. The van der Waals surface area contributed by atoms with E-state index in [9.17, 15) is 4.79 Å². The van der Waals surface area contributed by atoms with E-state index in [2.05, 4.69) is 21.8 Å². The van der Waals surface area contributed by atoms with Crippen LogP contribution in [0.1, 0.15) is 46.2 Å². The maximum absolute atomic E-state index is 12.4. The molecule has 0 saturated carbocycles. The number of imidazole rings is 1. The Morgan fingerprint density at radius 1 is 1.32 bits per heavy atom. The van der Waals surface area contributed by atoms with Crippen molar-refractivity contribution in [2.24, 2.45) is 0 Å². The minimum absolute atomic E-state index is 0.00353. The molecule has 0 unspecified atom stereocenters. The molecule has 1 atom stereocenters. The molecule has 2 aliphatic rings. The predicted molar refractivity (Wildman–Crippen MR) is 136 cm³/mol. The van der Waals surface area contributed by atoms with Crippen LogP contribution >= 0.6 is 11.6 Å². The Morgan fingerprint density at radius 2 is 2.06 bits per heavy atom. The molecule has 2 saturated heterocycles. The summed E-state index contributed by atoms with van der Waals surface area (Å²) in [5.74, 6) is 0. The highest BCUT2D eigenvalue weighted by Gasteiger charge is 2.30. The van der Waals surface area contributed by atoms with Gasteiger partial charge in [-0.3, -0.25) is 4.40 Å². The number of ether oxygens (including phenoxy) is 2. The Morgan fingerprint density at radius 3 is 2.74 bits per heavy atom. The molecular formula is C25H36ClN5O3. The fourth-order valence-electron chi connectivity index (χ4n) is 4.57. The lowest BCUT2D eigenvalue weighted by Crippen LogP contribution is -2.52. The number of hydrogen-bond acceptors (Lipinski definition) is 6. The second kappa shape index (κ2) is 10.1. The van der Waals surface area contributed by atoms with Gasteiger partial charge in [0.1, 0.15) is 5.60 Å². The van der Waals surface area contributed by atoms with E-state index in [1.54, 1.807) is 4.90 Å². The zero-order valence-electron chi connectivity index (χ0n) is 20.6. The fraction of sp³-hybridized carbons (Fsp3) is 0.600. The summed E-state index contributed by atoms with van der Waals surface area (Å²) >= 11 is 6.40. The van der Waals surface area contributed by atoms with E-state index in [0.29, 0.717) is 30.8 Å². The first-order valence-corrected chi connectivity index (χ1v) is 12.4. The van der Waals surface area contributed by atoms with Crippen molar-refractivity contribution in [1.82, 2.24) is 19.2 Å². The Bertz CT molecular complexity index is 1040. The van der Waals surface area contributed by atoms with E-state index in [4.69, 9.17) is 21.1 Å². The standard InChI is InChI=1S/C25H36ClN5O3/c1-17(2)22-13-27-23-21(12-18(26)14-31(22)23)28-19-6-8-29(9-7-19)15-20-16-30(10-11-33-20)24(32)34-25(3,4)5/h12-14,19-20,28H,1,6-11,15-16H2,2-5H3/t20-/m1/s1. The summed E-state index contributed by atoms with van der Waals surface area (Å²) in [6.45, 7) is 16.1. The van der Waals surface area contributed by atoms with Crippen LogP contribution in [0, 0.1) is 0 Å². The van der Waals surface area contributed by atoms with Crippen LogP contribution in [0.25, 0.3) is 11.2 Å². The lowest BCUT2D eigenvalue weighted by Gasteiger charge is -2.38. The summed E-state index contributed by atoms with van der Waals surface area (Å²) in [4.78, 5) is 21.2. The van der Waals surface area contributed by atoms with Gasteiger partial charge in [0.15, 0.2) is 5.65 Å². The Labute approximate surface area is 206 Å². The zero-order chi connectivity index (χ0) is 24.5. The highest BCUT2D eigenvalue weighted by Crippen LogP contribution is 2.27. The first-order valence-electron chi connectivity index (χ1n) is 12.0. The van der Waals surface area contributed by atoms with Crippen molar-refractivity contribution in [2.45, 2.75) is 58.3 Å². The van der Waals surface area contributed by atoms with Crippen molar-refractivity contribution in [3.8, 4) is 0 Å². The summed E-state index contributed by atoms with van der Waals surface area (Å²) in [7, 11) is 0. The van der Waals surface area contributed by atoms with Gasteiger partial charge in [0.05, 0.1) is 41.9 Å². The number of piperidine rings is 1. The molecule has 2 aromatic heterocycles. The summed E-state index contributed by atoms with van der Waals surface area (Å²) in [5.41, 5.74) is 3.23. The van der Waals surface area contributed by atoms with Gasteiger partial charge in [0.2, 0.25) is 0 Å². The van der Waals surface area contributed by atoms with E-state index >= 15 is 0 Å². The molecule has 1 N–H and O–H groups in total. The first kappa shape index (κ1) is 24.8. The molecule has 2 aromatic rings. The molecule has 4 heterocycles. The topological polar surface area (TPSA) is 71.3 Å². The van der Waals surface area contributed by atoms with Gasteiger partial charge in [-0.25, -0.2) is 9.78 Å². The molecule has 186 valence electrons. The third-order valence-electron chi connectivity index (χ3n) is 6.21. The normalized spacial score (nSPS) is 20.5. The van der Waals surface area contributed by atoms with Crippen LogP contribution in [0.3, 0.4) is 0 Å². The SMILES string of the molecule is C=C(C)c1cnc2c(NC3CCN(C[C@@H]4CN(C(=O)OC(C)(C)C)CCO4)CC3)cc(Cl)cn12. The number of hydrogen-bond donors (Lipinski definition) is 1. The number of likely N-dealkylation sites (tertiary alicyclic amines) is 1. The van der Waals surface area contributed by atoms with Gasteiger partial charge in [-0.15, -0.1) is 0 Å². The Balaban J connectivity index is 1.30. The Kier molecular flexibility index (Phi) is 7.40. The first-order chi connectivity index (χ1) is 16.1. The number of pyridine rings is 1. The van der Waals surface area contributed by atoms with Crippen molar-refractivity contribution in [1.29, 1.82) is 0 Å². The van der Waals surface area contributed by atoms with Crippen molar-refractivity contribution in [3.63, 3.8) is 0 Å². The monoisotopic (exact) mass is 489 g/mol. The highest BCUT2D eigenvalue weighted by atomic mass is 35.5. The second-order valence-corrected chi connectivity index (χ2v) is 10.8. The van der Waals surface area contributed by atoms with Gasteiger partial charge < -0.3 is 24.6 Å². The molecule has 0 radical (unpaired) electrons. The van der Waals surface area contributed by atoms with Crippen LogP contribution in [0.15, 0.2) is 25.0 Å². The van der Waals surface area contributed by atoms with Crippen molar-refractivity contribution in [3.05, 3.63) is 35.8 Å². The molecule has 1 amide bonds. The number of fused-ring (bicyclic) bond motifs is 1. The van der Waals surface area contributed by atoms with Crippen molar-refractivity contribution < 1.29 is 14.3 Å². The zero-order valence-corrected chi connectivity index (χ0v) is 21.4. The molecule has 8 nitrogen and oxygen atoms in total. The van der Waals surface area contributed by atoms with E-state index in [-0.39, 0.29) is 12.2 Å². The van der Waals surface area contributed by atoms with Crippen molar-refractivity contribution >= 4 is 34.6 Å². The molecule has 9 heteroatoms. The highest BCUT2D eigenvalue weighted by molar-refractivity contribution is 6.30. The second-order valence-electron chi connectivity index (χ2n) is 10.3. The number of anilines is 1. The molecule has 2 fully saturated rings. The quantitative estimate of drug-likeness (QED) is 0.665. The average molecular weight is 490 g/mol. The molecule has 0 spiro atoms. The lowest BCUT2D eigenvalue weighted by atomic mass is 10.0. The summed E-state index contributed by atoms with van der Waals surface area (Å²) in [6, 6.07) is 2.29. The number of allylic oxidation sites excluding steroid dienone is 1. The number of carbonyl (C=O) groups excluding carboxylic acids is 1. The third kappa shape index (κ3) is 6.03.